The van der Waals surface area contributed by atoms with E-state index < -0.39 is 0 Å². The third-order valence-corrected chi connectivity index (χ3v) is 35.7. The van der Waals surface area contributed by atoms with Crippen molar-refractivity contribution in [2.45, 2.75) is 228 Å². The number of nitrogens with zero attached hydrogens (tertiary/aromatic N) is 17. The van der Waals surface area contributed by atoms with Gasteiger partial charge >= 0.3 is 0 Å². The molecule has 134 heavy (non-hydrogen) atoms. The summed E-state index contributed by atoms with van der Waals surface area (Å²) in [4.78, 5) is 114. The Morgan fingerprint density at radius 1 is 0.343 bits per heavy atom. The zero-order chi connectivity index (χ0) is 97.1. The molecule has 0 amide bonds. The van der Waals surface area contributed by atoms with E-state index in [4.69, 9.17) is 46.0 Å². The van der Waals surface area contributed by atoms with E-state index in [0.717, 1.165) is 187 Å². The van der Waals surface area contributed by atoms with Gasteiger partial charge in [-0.2, -0.15) is 24.9 Å². The van der Waals surface area contributed by atoms with E-state index in [-0.39, 0.29) is 39.4 Å². The second kappa shape index (κ2) is 44.5. The Kier molecular flexibility index (Phi) is 34.3. The minimum Gasteiger partial charge on any atom is -0.399 e. The second-order valence-corrected chi connectivity index (χ2v) is 44.0. The highest BCUT2D eigenvalue weighted by atomic mass is 79.9. The number of fused-ring (bicyclic) bond motifs is 1. The summed E-state index contributed by atoms with van der Waals surface area (Å²) in [5, 5.41) is 1.49. The molecular weight excluding hydrogens is 1870 g/mol. The molecule has 718 valence electrons. The summed E-state index contributed by atoms with van der Waals surface area (Å²) >= 11 is 16.4. The topological polar surface area (TPSA) is 373 Å². The van der Waals surface area contributed by atoms with Gasteiger partial charge in [0.1, 0.15) is 53.6 Å². The van der Waals surface area contributed by atoms with E-state index in [2.05, 4.69) is 145 Å². The van der Waals surface area contributed by atoms with E-state index in [9.17, 15) is 24.0 Å². The molecule has 16 rings (SSSR count). The average Bonchev–Trinajstić information content (AvgIpc) is 0.794. The molecule has 0 atom stereocenters. The van der Waals surface area contributed by atoms with Crippen molar-refractivity contribution in [1.29, 1.82) is 0 Å². The van der Waals surface area contributed by atoms with Crippen molar-refractivity contribution in [2.24, 2.45) is 62.3 Å². The van der Waals surface area contributed by atoms with E-state index >= 15 is 0 Å². The lowest BCUT2D eigenvalue weighted by molar-refractivity contribution is 0.236. The van der Waals surface area contributed by atoms with Crippen molar-refractivity contribution >= 4 is 162 Å². The molecule has 5 aliphatic rings. The zero-order valence-electron chi connectivity index (χ0n) is 80.6. The van der Waals surface area contributed by atoms with Gasteiger partial charge in [0.15, 0.2) is 0 Å². The lowest BCUT2D eigenvalue weighted by atomic mass is 9.78. The summed E-state index contributed by atoms with van der Waals surface area (Å²) in [5.41, 5.74) is 41.6. The van der Waals surface area contributed by atoms with Gasteiger partial charge in [-0.3, -0.25) is 56.8 Å². The third-order valence-electron chi connectivity index (χ3n) is 28.3. The molecule has 0 radical (unpaired) electrons. The Balaban J connectivity index is 0.000000151. The van der Waals surface area contributed by atoms with E-state index in [1.165, 1.54) is 84.5 Å². The zero-order valence-corrected chi connectivity index (χ0v) is 87.1. The molecule has 12 heterocycles. The van der Waals surface area contributed by atoms with Crippen LogP contribution in [-0.4, -0.2) is 123 Å². The van der Waals surface area contributed by atoms with Gasteiger partial charge in [0, 0.05) is 153 Å². The molecule has 5 aliphatic heterocycles. The first-order valence-corrected chi connectivity index (χ1v) is 51.5. The summed E-state index contributed by atoms with van der Waals surface area (Å²) in [5.74, 6) is 4.73. The molecule has 5 fully saturated rings. The number of halogens is 2. The summed E-state index contributed by atoms with van der Waals surface area (Å²) in [6.07, 6.45) is 20.4. The van der Waals surface area contributed by atoms with Crippen LogP contribution in [0.1, 0.15) is 177 Å². The molecule has 12 N–H and O–H groups in total. The number of nitrogen functional groups attached to an aromatic ring is 6. The number of anilines is 11. The Bertz CT molecular complexity index is 5980. The standard InChI is InChI=1S/C22H27N5OS.C20H28N4OS.C19H25BrN4OS.C19H26ClN5OS.C19H27N5OS/c1-4-22(2)10-13-27(14-11-22)21-25-19(23)18(20(28)26(21)3)29-17-9-5-8-16-15(17)7-6-12-24-16;1-5-20(3)10-12-24(13-11-20)19-22-17(21)16(18(25)23(19)4)26-15-9-7-6-8-14(15)2;1-4-19(2)9-11-24(12-10-19)18-22-16(21)15(17(25)23(18)3)26-14-8-6-5-7-13(14)20;1-4-19(2)7-9-25(10-8-19)18-23-16(22)15(17(26)24(18)3)27-14-6-5-12(21)11-13(14)20;1-5-19(3)8-11-24(12-9-19)18-22-16(20)15(17(25)23(18)4)26-14-7-6-10-21-13(14)2/h5-9,12H,4,10-11,13-14,23H2,1-3H3;6-9H,5,10-13,21H2,1-4H3;5-8H,4,9-12,21H2,1-3H3;5-6,11H,4,7-10,21-22H2,1-3H3;6-7,10H,5,8-9,11-12,20H2,1-4H3. The summed E-state index contributed by atoms with van der Waals surface area (Å²) in [6, 6.07) is 34.6. The van der Waals surface area contributed by atoms with Gasteiger partial charge in [0.2, 0.25) is 29.7 Å². The predicted octanol–water partition coefficient (Wildman–Crippen LogP) is 19.2. The van der Waals surface area contributed by atoms with Crippen molar-refractivity contribution in [2.75, 3.05) is 124 Å². The molecule has 7 aromatic heterocycles. The summed E-state index contributed by atoms with van der Waals surface area (Å²) in [7, 11) is 8.87. The van der Waals surface area contributed by atoms with Crippen LogP contribution in [0.25, 0.3) is 10.9 Å². The highest BCUT2D eigenvalue weighted by molar-refractivity contribution is 9.10. The Hall–Kier alpha value is -9.84. The number of benzene rings is 4. The Morgan fingerprint density at radius 3 is 0.955 bits per heavy atom. The van der Waals surface area contributed by atoms with Crippen LogP contribution < -0.4 is 86.7 Å². The Labute approximate surface area is 822 Å². The normalized spacial score (nSPS) is 16.6. The number of piperidine rings is 5. The summed E-state index contributed by atoms with van der Waals surface area (Å²) in [6.45, 7) is 35.8. The molecule has 35 heteroatoms. The molecule has 0 unspecified atom stereocenters. The number of aryl methyl sites for hydroxylation is 2. The van der Waals surface area contributed by atoms with E-state index in [1.54, 1.807) is 88.7 Å². The van der Waals surface area contributed by atoms with Crippen LogP contribution in [0.5, 0.6) is 0 Å². The summed E-state index contributed by atoms with van der Waals surface area (Å²) < 4.78 is 9.05. The molecule has 0 saturated carbocycles. The first-order valence-electron chi connectivity index (χ1n) is 46.3. The first kappa shape index (κ1) is 103. The maximum Gasteiger partial charge on any atom is 0.270 e. The van der Waals surface area contributed by atoms with Gasteiger partial charge < -0.3 is 58.9 Å². The third kappa shape index (κ3) is 24.2. The minimum absolute atomic E-state index is 0.0791. The van der Waals surface area contributed by atoms with Crippen LogP contribution in [0, 0.1) is 40.9 Å². The van der Waals surface area contributed by atoms with Gasteiger partial charge in [-0.25, -0.2) is 0 Å². The minimum atomic E-state index is -0.167. The van der Waals surface area contributed by atoms with Crippen molar-refractivity contribution < 1.29 is 0 Å². The quantitative estimate of drug-likeness (QED) is 0.0386. The number of aromatic nitrogens is 12. The molecule has 0 aliphatic carbocycles. The van der Waals surface area contributed by atoms with Crippen LogP contribution in [0.4, 0.5) is 64.5 Å². The number of hydrogen-bond donors (Lipinski definition) is 6. The van der Waals surface area contributed by atoms with Crippen molar-refractivity contribution in [3.63, 3.8) is 0 Å². The molecule has 0 bridgehead atoms. The highest BCUT2D eigenvalue weighted by Gasteiger charge is 2.37. The fourth-order valence-electron chi connectivity index (χ4n) is 16.9. The lowest BCUT2D eigenvalue weighted by Gasteiger charge is -2.39. The average molecular weight is 2000 g/mol. The fourth-order valence-corrected chi connectivity index (χ4v) is 22.5. The number of pyridine rings is 2. The van der Waals surface area contributed by atoms with Gasteiger partial charge in [-0.1, -0.05) is 214 Å². The molecular formula is C99H133BrClN23O5S5. The van der Waals surface area contributed by atoms with Crippen molar-refractivity contribution in [3.8, 4) is 0 Å². The Morgan fingerprint density at radius 2 is 0.627 bits per heavy atom. The van der Waals surface area contributed by atoms with Crippen molar-refractivity contribution in [1.82, 2.24) is 57.7 Å². The van der Waals surface area contributed by atoms with Gasteiger partial charge in [-0.05, 0) is 193 Å². The van der Waals surface area contributed by atoms with Gasteiger partial charge in [-0.15, -0.1) is 0 Å². The molecule has 4 aromatic carbocycles. The second-order valence-electron chi connectivity index (χ2n) is 37.5. The van der Waals surface area contributed by atoms with Gasteiger partial charge in [0.05, 0.1) is 16.2 Å². The number of nitrogens with two attached hydrogens (primary N) is 6. The van der Waals surface area contributed by atoms with Crippen LogP contribution in [-0.2, 0) is 35.2 Å². The van der Waals surface area contributed by atoms with Crippen LogP contribution >= 0.6 is 86.3 Å². The maximum absolute atomic E-state index is 13.2. The number of hydrogen-bond acceptors (Lipinski definition) is 28. The monoisotopic (exact) mass is 2000 g/mol. The molecule has 11 aromatic rings. The van der Waals surface area contributed by atoms with Crippen LogP contribution in [0.15, 0.2) is 199 Å². The maximum atomic E-state index is 13.2. The van der Waals surface area contributed by atoms with Crippen LogP contribution in [0.3, 0.4) is 0 Å². The predicted molar refractivity (Wildman–Crippen MR) is 561 cm³/mol. The van der Waals surface area contributed by atoms with E-state index in [1.807, 2.05) is 105 Å². The SMILES string of the molecule is CCC1(C)CCN(c2nc(N)c(Sc3ccc(N)cc3Cl)c(=O)n2C)CC1.CCC1(C)CCN(c2nc(N)c(Sc3cccc4ncccc34)c(=O)n2C)CC1.CCC1(C)CCN(c2nc(N)c(Sc3ccccc3Br)c(=O)n2C)CC1.CCC1(C)CCN(c2nc(N)c(Sc3ccccc3C)c(=O)n2C)CC1.CCC1(C)CCN(c2nc(N)c(Sc3cccnc3C)c(=O)n2C)CC1. The van der Waals surface area contributed by atoms with Gasteiger partial charge in [0.25, 0.3) is 27.8 Å². The van der Waals surface area contributed by atoms with E-state index in [0.29, 0.717) is 109 Å². The van der Waals surface area contributed by atoms with Crippen LogP contribution in [0.2, 0.25) is 5.02 Å². The fraction of sp³-hybridized carbons (Fsp3) is 0.475. The highest BCUT2D eigenvalue weighted by Crippen LogP contribution is 2.45. The smallest absolute Gasteiger partial charge is 0.270 e. The largest absolute Gasteiger partial charge is 0.399 e. The molecule has 5 saturated heterocycles. The first-order chi connectivity index (χ1) is 63.7. The van der Waals surface area contributed by atoms with Crippen molar-refractivity contribution in [3.05, 3.63) is 194 Å². The molecule has 0 spiro atoms. The molecule has 28 nitrogen and oxygen atoms in total. The number of rotatable bonds is 20. The lowest BCUT2D eigenvalue weighted by Crippen LogP contribution is -2.41.